The summed E-state index contributed by atoms with van der Waals surface area (Å²) in [4.78, 5) is 15.6. The molecule has 66 valence electrons. The van der Waals surface area contributed by atoms with Crippen molar-refractivity contribution in [1.29, 1.82) is 0 Å². The van der Waals surface area contributed by atoms with Gasteiger partial charge in [-0.25, -0.2) is 0 Å². The fraction of sp³-hybridized carbons (Fsp3) is 0.444. The molecule has 0 atom stereocenters. The summed E-state index contributed by atoms with van der Waals surface area (Å²) in [5, 5.41) is 0. The van der Waals surface area contributed by atoms with E-state index in [-0.39, 0.29) is 5.56 Å². The molecule has 0 bridgehead atoms. The zero-order valence-corrected chi connectivity index (χ0v) is 7.72. The minimum Gasteiger partial charge on any atom is -0.329 e. The Morgan fingerprint density at radius 2 is 2.17 bits per heavy atom. The van der Waals surface area contributed by atoms with Gasteiger partial charge in [-0.05, 0) is 32.1 Å². The number of aromatic amines is 1. The zero-order chi connectivity index (χ0) is 9.14. The SMILES string of the molecule is Cc1cc(=O)[nH]cc1CN(C)C. The summed E-state index contributed by atoms with van der Waals surface area (Å²) in [6, 6.07) is 1.62. The summed E-state index contributed by atoms with van der Waals surface area (Å²) < 4.78 is 0. The number of hydrogen-bond acceptors (Lipinski definition) is 2. The third-order valence-electron chi connectivity index (χ3n) is 1.73. The second-order valence-electron chi connectivity index (χ2n) is 3.24. The lowest BCUT2D eigenvalue weighted by atomic mass is 10.1. The van der Waals surface area contributed by atoms with E-state index in [0.29, 0.717) is 0 Å². The lowest BCUT2D eigenvalue weighted by molar-refractivity contribution is 0.401. The van der Waals surface area contributed by atoms with Crippen molar-refractivity contribution in [2.75, 3.05) is 14.1 Å². The van der Waals surface area contributed by atoms with Crippen LogP contribution in [-0.2, 0) is 6.54 Å². The van der Waals surface area contributed by atoms with Gasteiger partial charge in [0, 0.05) is 18.8 Å². The van der Waals surface area contributed by atoms with E-state index in [1.165, 1.54) is 5.56 Å². The van der Waals surface area contributed by atoms with Crippen molar-refractivity contribution in [1.82, 2.24) is 9.88 Å². The molecular formula is C9H14N2O. The lowest BCUT2D eigenvalue weighted by Crippen LogP contribution is -2.14. The second kappa shape index (κ2) is 3.54. The molecule has 1 rings (SSSR count). The van der Waals surface area contributed by atoms with Gasteiger partial charge in [-0.3, -0.25) is 4.79 Å². The maximum atomic E-state index is 10.9. The van der Waals surface area contributed by atoms with E-state index in [2.05, 4.69) is 9.88 Å². The van der Waals surface area contributed by atoms with Gasteiger partial charge in [0.1, 0.15) is 0 Å². The normalized spacial score (nSPS) is 10.7. The average molecular weight is 166 g/mol. The van der Waals surface area contributed by atoms with Crippen LogP contribution in [0.15, 0.2) is 17.1 Å². The Bertz CT molecular complexity index is 315. The van der Waals surface area contributed by atoms with Crippen molar-refractivity contribution in [2.45, 2.75) is 13.5 Å². The first-order chi connectivity index (χ1) is 5.59. The smallest absolute Gasteiger partial charge is 0.248 e. The summed E-state index contributed by atoms with van der Waals surface area (Å²) in [6.45, 7) is 2.82. The maximum Gasteiger partial charge on any atom is 0.248 e. The number of nitrogens with zero attached hydrogens (tertiary/aromatic N) is 1. The standard InChI is InChI=1S/C9H14N2O/c1-7-4-9(12)10-5-8(7)6-11(2)3/h4-5H,6H2,1-3H3,(H,10,12). The molecule has 0 aromatic carbocycles. The van der Waals surface area contributed by atoms with E-state index in [0.717, 1.165) is 12.1 Å². The van der Waals surface area contributed by atoms with E-state index in [1.807, 2.05) is 21.0 Å². The second-order valence-corrected chi connectivity index (χ2v) is 3.24. The van der Waals surface area contributed by atoms with Crippen LogP contribution in [0.2, 0.25) is 0 Å². The Kier molecular flexibility index (Phi) is 2.65. The number of H-pyrrole nitrogens is 1. The zero-order valence-electron chi connectivity index (χ0n) is 7.72. The first kappa shape index (κ1) is 9.00. The van der Waals surface area contributed by atoms with Gasteiger partial charge in [0.15, 0.2) is 0 Å². The molecule has 0 spiro atoms. The fourth-order valence-corrected chi connectivity index (χ4v) is 1.11. The minimum atomic E-state index is -0.0324. The highest BCUT2D eigenvalue weighted by molar-refractivity contribution is 5.21. The summed E-state index contributed by atoms with van der Waals surface area (Å²) in [5.74, 6) is 0. The summed E-state index contributed by atoms with van der Waals surface area (Å²) in [7, 11) is 4.01. The molecule has 0 amide bonds. The predicted molar refractivity (Wildman–Crippen MR) is 49.2 cm³/mol. The summed E-state index contributed by atoms with van der Waals surface area (Å²) >= 11 is 0. The van der Waals surface area contributed by atoms with E-state index in [4.69, 9.17) is 0 Å². The average Bonchev–Trinajstić information content (AvgIpc) is 1.94. The van der Waals surface area contributed by atoms with Crippen molar-refractivity contribution >= 4 is 0 Å². The molecule has 1 aromatic heterocycles. The van der Waals surface area contributed by atoms with Gasteiger partial charge >= 0.3 is 0 Å². The first-order valence-electron chi connectivity index (χ1n) is 3.92. The van der Waals surface area contributed by atoms with Crippen molar-refractivity contribution in [3.63, 3.8) is 0 Å². The largest absolute Gasteiger partial charge is 0.329 e. The first-order valence-corrected chi connectivity index (χ1v) is 3.92. The molecule has 1 heterocycles. The van der Waals surface area contributed by atoms with E-state index >= 15 is 0 Å². The molecule has 0 aliphatic carbocycles. The van der Waals surface area contributed by atoms with Gasteiger partial charge in [0.05, 0.1) is 0 Å². The number of nitrogens with one attached hydrogen (secondary N) is 1. The van der Waals surface area contributed by atoms with E-state index in [9.17, 15) is 4.79 Å². The molecule has 3 heteroatoms. The van der Waals surface area contributed by atoms with Crippen molar-refractivity contribution in [3.05, 3.63) is 33.7 Å². The third kappa shape index (κ3) is 2.20. The van der Waals surface area contributed by atoms with Crippen LogP contribution >= 0.6 is 0 Å². The lowest BCUT2D eigenvalue weighted by Gasteiger charge is -2.10. The number of pyridine rings is 1. The highest BCUT2D eigenvalue weighted by atomic mass is 16.1. The quantitative estimate of drug-likeness (QED) is 0.703. The molecule has 0 radical (unpaired) electrons. The number of rotatable bonds is 2. The van der Waals surface area contributed by atoms with Gasteiger partial charge < -0.3 is 9.88 Å². The van der Waals surface area contributed by atoms with Crippen LogP contribution in [0.5, 0.6) is 0 Å². The van der Waals surface area contributed by atoms with Gasteiger partial charge in [0.25, 0.3) is 0 Å². The molecule has 3 nitrogen and oxygen atoms in total. The van der Waals surface area contributed by atoms with Crippen LogP contribution in [0.3, 0.4) is 0 Å². The maximum absolute atomic E-state index is 10.9. The van der Waals surface area contributed by atoms with Crippen LogP contribution in [0, 0.1) is 6.92 Å². The van der Waals surface area contributed by atoms with E-state index in [1.54, 1.807) is 12.3 Å². The molecule has 0 aliphatic rings. The van der Waals surface area contributed by atoms with Crippen molar-refractivity contribution < 1.29 is 0 Å². The molecule has 0 saturated heterocycles. The summed E-state index contributed by atoms with van der Waals surface area (Å²) in [6.07, 6.45) is 1.78. The molecule has 1 aromatic rings. The Morgan fingerprint density at radius 3 is 2.67 bits per heavy atom. The van der Waals surface area contributed by atoms with Gasteiger partial charge in [-0.1, -0.05) is 0 Å². The van der Waals surface area contributed by atoms with Gasteiger partial charge in [0.2, 0.25) is 5.56 Å². The fourth-order valence-electron chi connectivity index (χ4n) is 1.11. The Hall–Kier alpha value is -1.09. The van der Waals surface area contributed by atoms with Crippen molar-refractivity contribution in [2.24, 2.45) is 0 Å². The molecule has 12 heavy (non-hydrogen) atoms. The Morgan fingerprint density at radius 1 is 1.50 bits per heavy atom. The molecular weight excluding hydrogens is 152 g/mol. The Balaban J connectivity index is 2.94. The van der Waals surface area contributed by atoms with Crippen LogP contribution in [0.4, 0.5) is 0 Å². The van der Waals surface area contributed by atoms with Crippen LogP contribution < -0.4 is 5.56 Å². The number of hydrogen-bond donors (Lipinski definition) is 1. The van der Waals surface area contributed by atoms with Crippen LogP contribution in [-0.4, -0.2) is 24.0 Å². The minimum absolute atomic E-state index is 0.0324. The number of aromatic nitrogens is 1. The monoisotopic (exact) mass is 166 g/mol. The predicted octanol–water partition coefficient (Wildman–Crippen LogP) is 0.745. The highest BCUT2D eigenvalue weighted by Gasteiger charge is 1.99. The number of aryl methyl sites for hydroxylation is 1. The van der Waals surface area contributed by atoms with E-state index < -0.39 is 0 Å². The highest BCUT2D eigenvalue weighted by Crippen LogP contribution is 2.04. The topological polar surface area (TPSA) is 36.1 Å². The third-order valence-corrected chi connectivity index (χ3v) is 1.73. The molecule has 0 unspecified atom stereocenters. The molecule has 0 saturated carbocycles. The van der Waals surface area contributed by atoms with Crippen molar-refractivity contribution in [3.8, 4) is 0 Å². The Labute approximate surface area is 72.0 Å². The van der Waals surface area contributed by atoms with Gasteiger partial charge in [-0.2, -0.15) is 0 Å². The molecule has 0 fully saturated rings. The van der Waals surface area contributed by atoms with Gasteiger partial charge in [-0.15, -0.1) is 0 Å². The summed E-state index contributed by atoms with van der Waals surface area (Å²) in [5.41, 5.74) is 2.18. The molecule has 1 N–H and O–H groups in total. The molecule has 0 aliphatic heterocycles. The van der Waals surface area contributed by atoms with Crippen LogP contribution in [0.1, 0.15) is 11.1 Å². The van der Waals surface area contributed by atoms with Crippen LogP contribution in [0.25, 0.3) is 0 Å².